The predicted molar refractivity (Wildman–Crippen MR) is 63.9 cm³/mol. The van der Waals surface area contributed by atoms with E-state index < -0.39 is 23.4 Å². The minimum atomic E-state index is -5.06. The van der Waals surface area contributed by atoms with Gasteiger partial charge in [-0.25, -0.2) is 0 Å². The minimum absolute atomic E-state index is 0.208. The first-order valence-corrected chi connectivity index (χ1v) is 5.33. The Morgan fingerprint density at radius 2 is 1.80 bits per heavy atom. The zero-order valence-electron chi connectivity index (χ0n) is 10.6. The molecule has 0 bridgehead atoms. The van der Waals surface area contributed by atoms with Crippen LogP contribution in [0.5, 0.6) is 5.75 Å². The first-order valence-electron chi connectivity index (χ1n) is 5.33. The van der Waals surface area contributed by atoms with Crippen LogP contribution in [0.15, 0.2) is 46.0 Å². The van der Waals surface area contributed by atoms with E-state index in [9.17, 15) is 18.0 Å². The summed E-state index contributed by atoms with van der Waals surface area (Å²) in [5.41, 5.74) is -0.937. The number of aliphatic hydroxyl groups is 1. The number of rotatable bonds is 4. The van der Waals surface area contributed by atoms with Gasteiger partial charge >= 0.3 is 6.18 Å². The molecule has 0 atom stereocenters. The fraction of sp³-hybridized carbons (Fsp3) is 0.250. The summed E-state index contributed by atoms with van der Waals surface area (Å²) in [6.45, 7) is 0.852. The van der Waals surface area contributed by atoms with Gasteiger partial charge in [-0.15, -0.1) is 5.11 Å². The number of aliphatic hydroxyl groups excluding tert-OH is 1. The van der Waals surface area contributed by atoms with Gasteiger partial charge in [0.25, 0.3) is 0 Å². The van der Waals surface area contributed by atoms with Crippen molar-refractivity contribution in [1.29, 1.82) is 0 Å². The van der Waals surface area contributed by atoms with E-state index in [4.69, 9.17) is 9.84 Å². The number of hydrogen-bond acceptors (Lipinski definition) is 5. The van der Waals surface area contributed by atoms with Gasteiger partial charge in [0.15, 0.2) is 11.5 Å². The van der Waals surface area contributed by atoms with Gasteiger partial charge in [-0.3, -0.25) is 4.79 Å². The van der Waals surface area contributed by atoms with Gasteiger partial charge < -0.3 is 9.84 Å². The third kappa shape index (κ3) is 4.08. The normalized spacial score (nSPS) is 13.2. The summed E-state index contributed by atoms with van der Waals surface area (Å²) in [5.74, 6) is -2.58. The van der Waals surface area contributed by atoms with Crippen molar-refractivity contribution in [1.82, 2.24) is 0 Å². The van der Waals surface area contributed by atoms with Crippen LogP contribution in [0.3, 0.4) is 0 Å². The lowest BCUT2D eigenvalue weighted by atomic mass is 10.3. The number of ketones is 1. The molecule has 1 aromatic carbocycles. The van der Waals surface area contributed by atoms with Gasteiger partial charge in [0.05, 0.1) is 12.8 Å². The van der Waals surface area contributed by atoms with E-state index in [1.807, 2.05) is 0 Å². The summed E-state index contributed by atoms with van der Waals surface area (Å²) in [4.78, 5) is 11.1. The molecule has 0 aliphatic carbocycles. The monoisotopic (exact) mass is 288 g/mol. The second-order valence-corrected chi connectivity index (χ2v) is 3.65. The Kier molecular flexibility index (Phi) is 4.84. The van der Waals surface area contributed by atoms with Crippen molar-refractivity contribution in [3.63, 3.8) is 0 Å². The van der Waals surface area contributed by atoms with Crippen molar-refractivity contribution in [3.8, 4) is 5.75 Å². The standard InChI is InChI=1S/C12H11F3N2O3/c1-7(18)10(11(19)12(13,14)15)17-16-8-3-5-9(20-2)6-4-8/h3-6,19H,1-2H3/b11-10-,17-16?. The average molecular weight is 288 g/mol. The van der Waals surface area contributed by atoms with E-state index in [0.29, 0.717) is 5.75 Å². The number of nitrogens with zero attached hydrogens (tertiary/aromatic N) is 2. The van der Waals surface area contributed by atoms with E-state index in [0.717, 1.165) is 6.92 Å². The van der Waals surface area contributed by atoms with Gasteiger partial charge in [0.2, 0.25) is 5.76 Å². The smallest absolute Gasteiger partial charge is 0.451 e. The molecule has 0 radical (unpaired) electrons. The second-order valence-electron chi connectivity index (χ2n) is 3.65. The van der Waals surface area contributed by atoms with Crippen molar-refractivity contribution >= 4 is 11.5 Å². The maximum absolute atomic E-state index is 12.3. The molecule has 0 aliphatic rings. The molecular weight excluding hydrogens is 277 g/mol. The number of alkyl halides is 3. The largest absolute Gasteiger partial charge is 0.503 e. The molecule has 0 saturated carbocycles. The predicted octanol–water partition coefficient (Wildman–Crippen LogP) is 3.70. The Morgan fingerprint density at radius 3 is 2.20 bits per heavy atom. The van der Waals surface area contributed by atoms with Crippen LogP contribution < -0.4 is 4.74 Å². The Hall–Kier alpha value is -2.38. The lowest BCUT2D eigenvalue weighted by Crippen LogP contribution is -2.16. The molecule has 0 spiro atoms. The molecule has 0 saturated heterocycles. The fourth-order valence-electron chi connectivity index (χ4n) is 1.18. The molecule has 0 unspecified atom stereocenters. The number of carbonyl (C=O) groups excluding carboxylic acids is 1. The molecule has 0 aromatic heterocycles. The average Bonchev–Trinajstić information content (AvgIpc) is 2.38. The lowest BCUT2D eigenvalue weighted by Gasteiger charge is -2.06. The topological polar surface area (TPSA) is 71.2 Å². The molecule has 1 rings (SSSR count). The molecule has 5 nitrogen and oxygen atoms in total. The Morgan fingerprint density at radius 1 is 1.25 bits per heavy atom. The van der Waals surface area contributed by atoms with E-state index in [2.05, 4.69) is 10.2 Å². The molecule has 0 heterocycles. The highest BCUT2D eigenvalue weighted by atomic mass is 19.4. The third-order valence-corrected chi connectivity index (χ3v) is 2.16. The molecule has 108 valence electrons. The molecule has 8 heteroatoms. The zero-order valence-corrected chi connectivity index (χ0v) is 10.6. The molecule has 0 fully saturated rings. The quantitative estimate of drug-likeness (QED) is 0.521. The first-order chi connectivity index (χ1) is 9.25. The molecule has 20 heavy (non-hydrogen) atoms. The highest BCUT2D eigenvalue weighted by Gasteiger charge is 2.38. The third-order valence-electron chi connectivity index (χ3n) is 2.16. The van der Waals surface area contributed by atoms with Gasteiger partial charge in [-0.2, -0.15) is 18.3 Å². The van der Waals surface area contributed by atoms with E-state index in [1.54, 1.807) is 0 Å². The molecule has 1 aromatic rings. The highest BCUT2D eigenvalue weighted by molar-refractivity contribution is 5.93. The van der Waals surface area contributed by atoms with Gasteiger partial charge in [-0.05, 0) is 24.3 Å². The van der Waals surface area contributed by atoms with Gasteiger partial charge in [0.1, 0.15) is 5.75 Å². The summed E-state index contributed by atoms with van der Waals surface area (Å²) in [6, 6.07) is 5.92. The van der Waals surface area contributed by atoms with Crippen LogP contribution in [0.25, 0.3) is 0 Å². The van der Waals surface area contributed by atoms with E-state index >= 15 is 0 Å². The summed E-state index contributed by atoms with van der Waals surface area (Å²) in [5, 5.41) is 15.6. The number of allylic oxidation sites excluding steroid dienone is 2. The minimum Gasteiger partial charge on any atom is -0.503 e. The van der Waals surface area contributed by atoms with Crippen LogP contribution in [0, 0.1) is 0 Å². The summed E-state index contributed by atoms with van der Waals surface area (Å²) in [7, 11) is 1.45. The number of hydrogen-bond donors (Lipinski definition) is 1. The van der Waals surface area contributed by atoms with E-state index in [-0.39, 0.29) is 5.69 Å². The van der Waals surface area contributed by atoms with Crippen LogP contribution in [0.2, 0.25) is 0 Å². The van der Waals surface area contributed by atoms with Crippen LogP contribution in [-0.2, 0) is 4.79 Å². The van der Waals surface area contributed by atoms with Crippen molar-refractivity contribution in [3.05, 3.63) is 35.7 Å². The number of halogens is 3. The molecular formula is C12H11F3N2O3. The Balaban J connectivity index is 3.07. The number of azo groups is 1. The first kappa shape index (κ1) is 15.7. The molecule has 1 N–H and O–H groups in total. The van der Waals surface area contributed by atoms with Crippen LogP contribution in [0.1, 0.15) is 6.92 Å². The number of methoxy groups -OCH3 is 1. The maximum atomic E-state index is 12.3. The number of carbonyl (C=O) groups is 1. The summed E-state index contributed by atoms with van der Waals surface area (Å²) in [6.07, 6.45) is -5.06. The zero-order chi connectivity index (χ0) is 15.3. The van der Waals surface area contributed by atoms with Crippen molar-refractivity contribution in [2.24, 2.45) is 10.2 Å². The van der Waals surface area contributed by atoms with Crippen molar-refractivity contribution in [2.45, 2.75) is 13.1 Å². The van der Waals surface area contributed by atoms with E-state index in [1.165, 1.54) is 31.4 Å². The van der Waals surface area contributed by atoms with Crippen molar-refractivity contribution < 1.29 is 27.8 Å². The maximum Gasteiger partial charge on any atom is 0.451 e. The van der Waals surface area contributed by atoms with Gasteiger partial charge in [-0.1, -0.05) is 0 Å². The van der Waals surface area contributed by atoms with Crippen LogP contribution in [0.4, 0.5) is 18.9 Å². The van der Waals surface area contributed by atoms with Gasteiger partial charge in [0, 0.05) is 6.92 Å². The summed E-state index contributed by atoms with van der Waals surface area (Å²) >= 11 is 0. The Labute approximate surface area is 112 Å². The lowest BCUT2D eigenvalue weighted by molar-refractivity contribution is -0.126. The summed E-state index contributed by atoms with van der Waals surface area (Å²) < 4.78 is 41.8. The molecule has 0 amide bonds. The fourth-order valence-corrected chi connectivity index (χ4v) is 1.18. The van der Waals surface area contributed by atoms with Crippen LogP contribution >= 0.6 is 0 Å². The molecule has 0 aliphatic heterocycles. The van der Waals surface area contributed by atoms with Crippen molar-refractivity contribution in [2.75, 3.05) is 7.11 Å². The highest BCUT2D eigenvalue weighted by Crippen LogP contribution is 2.28. The number of ether oxygens (including phenoxy) is 1. The number of benzene rings is 1. The second kappa shape index (κ2) is 6.18. The Bertz CT molecular complexity index is 548. The SMILES string of the molecule is COc1ccc(N=N/C(C(C)=O)=C(\O)C(F)(F)F)cc1. The number of Topliss-reactive ketones (excluding diaryl/α,β-unsaturated/α-hetero) is 1. The van der Waals surface area contributed by atoms with Crippen LogP contribution in [-0.4, -0.2) is 24.2 Å².